The number of carbonyl (C=O) groups excluding carboxylic acids is 1. The Hall–Kier alpha value is -1.21. The Morgan fingerprint density at radius 3 is 1.94 bits per heavy atom. The van der Waals surface area contributed by atoms with Crippen molar-refractivity contribution < 1.29 is 14.7 Å². The van der Waals surface area contributed by atoms with Gasteiger partial charge in [0.1, 0.15) is 5.92 Å². The lowest BCUT2D eigenvalue weighted by Gasteiger charge is -2.14. The third-order valence-corrected chi connectivity index (χ3v) is 2.95. The predicted octanol–water partition coefficient (Wildman–Crippen LogP) is 2.96. The van der Waals surface area contributed by atoms with E-state index in [1.165, 1.54) is 0 Å². The van der Waals surface area contributed by atoms with Gasteiger partial charge in [-0.05, 0) is 38.3 Å². The number of carbonyl (C=O) groups is 2. The topological polar surface area (TPSA) is 54.4 Å². The lowest BCUT2D eigenvalue weighted by atomic mass is 9.89. The van der Waals surface area contributed by atoms with Crippen molar-refractivity contribution in [1.82, 2.24) is 0 Å². The van der Waals surface area contributed by atoms with Gasteiger partial charge in [0.05, 0.1) is 0 Å². The van der Waals surface area contributed by atoms with Crippen molar-refractivity contribution in [3.05, 3.63) is 34.4 Å². The van der Waals surface area contributed by atoms with E-state index in [1.807, 2.05) is 32.9 Å². The van der Waals surface area contributed by atoms with E-state index in [1.54, 1.807) is 6.92 Å². The molecular weight excluding hydrogens is 247 g/mol. The molecule has 0 amide bonds. The van der Waals surface area contributed by atoms with Gasteiger partial charge in [0.15, 0.2) is 5.78 Å². The minimum absolute atomic E-state index is 0. The molecule has 0 fully saturated rings. The Bertz CT molecular complexity index is 443. The number of hydrogen-bond donors (Lipinski definition) is 1. The number of hydrogen-bond acceptors (Lipinski definition) is 2. The van der Waals surface area contributed by atoms with Crippen LogP contribution in [0.1, 0.15) is 40.4 Å². The van der Waals surface area contributed by atoms with E-state index in [0.717, 1.165) is 16.7 Å². The number of carboxylic acids is 1. The fourth-order valence-electron chi connectivity index (χ4n) is 2.22. The third-order valence-electron chi connectivity index (χ3n) is 2.95. The second-order valence-corrected chi connectivity index (χ2v) is 4.44. The molecule has 2 atom stereocenters. The number of aliphatic carboxylic acids is 1. The average molecular weight is 268 g/mol. The van der Waals surface area contributed by atoms with Gasteiger partial charge in [-0.15, -0.1) is 0 Å². The highest BCUT2D eigenvalue weighted by molar-refractivity contribution is 6.92. The number of Topliss-reactive ketones (excluding diaryl/α,β-unsaturated/α-hetero) is 1. The van der Waals surface area contributed by atoms with Gasteiger partial charge in [0.25, 0.3) is 0 Å². The molecule has 0 aromatic heterocycles. The minimum atomic E-state index is -1.04. The Labute approximate surface area is 111 Å². The van der Waals surface area contributed by atoms with Crippen LogP contribution in [0.2, 0.25) is 0 Å². The van der Waals surface area contributed by atoms with Gasteiger partial charge in [-0.3, -0.25) is 9.59 Å². The molecule has 3 nitrogen and oxygen atoms in total. The summed E-state index contributed by atoms with van der Waals surface area (Å²) >= 11 is 0. The van der Waals surface area contributed by atoms with Gasteiger partial charge in [-0.2, -0.15) is 9.90 Å². The van der Waals surface area contributed by atoms with Crippen LogP contribution < -0.4 is 0 Å². The third kappa shape index (κ3) is 3.39. The molecule has 1 aromatic carbocycles. The molecule has 18 heavy (non-hydrogen) atoms. The second-order valence-electron chi connectivity index (χ2n) is 4.44. The van der Waals surface area contributed by atoms with Gasteiger partial charge < -0.3 is 5.11 Å². The highest BCUT2D eigenvalue weighted by Crippen LogP contribution is 2.21. The molecule has 0 spiro atoms. The van der Waals surface area contributed by atoms with Crippen molar-refractivity contribution in [1.29, 1.82) is 0 Å². The van der Waals surface area contributed by atoms with E-state index in [-0.39, 0.29) is 15.7 Å². The number of rotatable bonds is 4. The fourth-order valence-corrected chi connectivity index (χ4v) is 2.22. The Morgan fingerprint density at radius 2 is 1.61 bits per heavy atom. The molecule has 0 aliphatic rings. The molecule has 4 heteroatoms. The standard InChI is InChI=1S/C14H18O3.H3P/c1-5-11(14(16)17)13(15)12-9(3)6-8(2)7-10(12)4;/h6-7,11H,5H2,1-4H3,(H,16,17);1H3. The first kappa shape index (κ1) is 16.8. The van der Waals surface area contributed by atoms with Crippen LogP contribution >= 0.6 is 9.90 Å². The molecule has 0 saturated carbocycles. The van der Waals surface area contributed by atoms with Crippen molar-refractivity contribution in [2.45, 2.75) is 34.1 Å². The van der Waals surface area contributed by atoms with Crippen molar-refractivity contribution >= 4 is 21.7 Å². The summed E-state index contributed by atoms with van der Waals surface area (Å²) in [6, 6.07) is 3.82. The van der Waals surface area contributed by atoms with Gasteiger partial charge in [-0.1, -0.05) is 24.6 Å². The zero-order valence-corrected chi connectivity index (χ0v) is 12.8. The lowest BCUT2D eigenvalue weighted by Crippen LogP contribution is -2.24. The zero-order valence-electron chi connectivity index (χ0n) is 11.4. The molecule has 0 bridgehead atoms. The number of benzene rings is 1. The summed E-state index contributed by atoms with van der Waals surface area (Å²) < 4.78 is 0. The summed E-state index contributed by atoms with van der Waals surface area (Å²) in [6.07, 6.45) is 0.320. The van der Waals surface area contributed by atoms with Crippen LogP contribution in [0.4, 0.5) is 0 Å². The van der Waals surface area contributed by atoms with Crippen LogP contribution in [0.5, 0.6) is 0 Å². The molecule has 100 valence electrons. The normalized spacial score (nSPS) is 11.6. The highest BCUT2D eigenvalue weighted by Gasteiger charge is 2.27. The molecule has 1 aromatic rings. The maximum Gasteiger partial charge on any atom is 0.314 e. The SMILES string of the molecule is CCC(C(=O)O)C(=O)c1c(C)cc(C)cc1C.P. The van der Waals surface area contributed by atoms with Gasteiger partial charge in [0, 0.05) is 5.56 Å². The summed E-state index contributed by atoms with van der Waals surface area (Å²) in [5.74, 6) is -2.26. The smallest absolute Gasteiger partial charge is 0.314 e. The molecule has 1 N–H and O–H groups in total. The maximum atomic E-state index is 12.2. The number of ketones is 1. The van der Waals surface area contributed by atoms with E-state index in [9.17, 15) is 9.59 Å². The largest absolute Gasteiger partial charge is 0.481 e. The highest BCUT2D eigenvalue weighted by atomic mass is 31.0. The molecule has 2 unspecified atom stereocenters. The Balaban J connectivity index is 0.00000289. The Morgan fingerprint density at radius 1 is 1.17 bits per heavy atom. The lowest BCUT2D eigenvalue weighted by molar-refractivity contribution is -0.140. The van der Waals surface area contributed by atoms with Crippen molar-refractivity contribution in [3.8, 4) is 0 Å². The maximum absolute atomic E-state index is 12.2. The fraction of sp³-hybridized carbons (Fsp3) is 0.429. The van der Waals surface area contributed by atoms with Gasteiger partial charge >= 0.3 is 5.97 Å². The number of aryl methyl sites for hydroxylation is 3. The molecule has 0 saturated heterocycles. The summed E-state index contributed by atoms with van der Waals surface area (Å²) in [6.45, 7) is 7.38. The number of carboxylic acid groups (broad SMARTS) is 1. The molecule has 0 heterocycles. The van der Waals surface area contributed by atoms with Crippen LogP contribution in [0.25, 0.3) is 0 Å². The molecule has 0 aliphatic heterocycles. The average Bonchev–Trinajstić information content (AvgIpc) is 2.15. The van der Waals surface area contributed by atoms with Crippen molar-refractivity contribution in [2.75, 3.05) is 0 Å². The van der Waals surface area contributed by atoms with Crippen LogP contribution in [-0.2, 0) is 4.79 Å². The molecule has 0 aliphatic carbocycles. The zero-order chi connectivity index (χ0) is 13.2. The first-order valence-electron chi connectivity index (χ1n) is 5.73. The summed E-state index contributed by atoms with van der Waals surface area (Å²) in [4.78, 5) is 23.2. The van der Waals surface area contributed by atoms with E-state index in [4.69, 9.17) is 5.11 Å². The van der Waals surface area contributed by atoms with Crippen LogP contribution in [0, 0.1) is 26.7 Å². The first-order valence-corrected chi connectivity index (χ1v) is 5.73. The minimum Gasteiger partial charge on any atom is -0.481 e. The van der Waals surface area contributed by atoms with Crippen LogP contribution in [-0.4, -0.2) is 16.9 Å². The monoisotopic (exact) mass is 268 g/mol. The Kier molecular flexibility index (Phi) is 6.20. The molecule has 0 radical (unpaired) electrons. The quantitative estimate of drug-likeness (QED) is 0.519. The van der Waals surface area contributed by atoms with Gasteiger partial charge in [-0.25, -0.2) is 0 Å². The predicted molar refractivity (Wildman–Crippen MR) is 77.5 cm³/mol. The van der Waals surface area contributed by atoms with E-state index in [0.29, 0.717) is 12.0 Å². The van der Waals surface area contributed by atoms with Gasteiger partial charge in [0.2, 0.25) is 0 Å². The molecular formula is C14H21O3P. The second kappa shape index (κ2) is 6.65. The first-order chi connectivity index (χ1) is 7.88. The van der Waals surface area contributed by atoms with Crippen LogP contribution in [0.15, 0.2) is 12.1 Å². The molecule has 1 rings (SSSR count). The van der Waals surface area contributed by atoms with E-state index >= 15 is 0 Å². The van der Waals surface area contributed by atoms with Crippen LogP contribution in [0.3, 0.4) is 0 Å². The summed E-state index contributed by atoms with van der Waals surface area (Å²) in [5, 5.41) is 9.02. The van der Waals surface area contributed by atoms with Crippen molar-refractivity contribution in [2.24, 2.45) is 5.92 Å². The van der Waals surface area contributed by atoms with E-state index in [2.05, 4.69) is 0 Å². The summed E-state index contributed by atoms with van der Waals surface area (Å²) in [7, 11) is 0. The van der Waals surface area contributed by atoms with Crippen molar-refractivity contribution in [3.63, 3.8) is 0 Å². The summed E-state index contributed by atoms with van der Waals surface area (Å²) in [5.41, 5.74) is 3.35. The van der Waals surface area contributed by atoms with E-state index < -0.39 is 11.9 Å².